The Morgan fingerprint density at radius 1 is 0.187 bits per heavy atom. The molecule has 0 radical (unpaired) electrons. The van der Waals surface area contributed by atoms with Gasteiger partial charge in [-0.25, -0.2) is 0 Å². The molecule has 0 aliphatic heterocycles. The molecule has 1 nitrogen and oxygen atoms in total. The van der Waals surface area contributed by atoms with Crippen molar-refractivity contribution in [2.75, 3.05) is 0 Å². The number of fused-ring (bicyclic) bond motifs is 4. The van der Waals surface area contributed by atoms with Crippen LogP contribution >= 0.6 is 0 Å². The van der Waals surface area contributed by atoms with Crippen LogP contribution in [0.25, 0.3) is 143 Å². The highest BCUT2D eigenvalue weighted by atomic mass is 16.3. The van der Waals surface area contributed by atoms with Crippen LogP contribution in [0.15, 0.2) is 296 Å². The molecule has 14 aromatic rings. The van der Waals surface area contributed by atoms with Gasteiger partial charge in [-0.3, -0.25) is 0 Å². The van der Waals surface area contributed by atoms with E-state index in [-0.39, 0.29) is 0 Å². The number of rotatable bonds is 9. The fourth-order valence-electron chi connectivity index (χ4n) is 11.6. The lowest BCUT2D eigenvalue weighted by Crippen LogP contribution is -1.95. The zero-order valence-electron chi connectivity index (χ0n) is 41.1. The molecule has 0 N–H and O–H groups in total. The molecule has 0 atom stereocenters. The van der Waals surface area contributed by atoms with Crippen LogP contribution in [0.2, 0.25) is 0 Å². The molecule has 13 aromatic carbocycles. The van der Waals surface area contributed by atoms with Crippen molar-refractivity contribution >= 4 is 43.1 Å². The Kier molecular flexibility index (Phi) is 10.9. The van der Waals surface area contributed by atoms with Crippen molar-refractivity contribution in [2.24, 2.45) is 0 Å². The normalized spacial score (nSPS) is 11.5. The summed E-state index contributed by atoms with van der Waals surface area (Å²) in [5, 5.41) is 9.89. The minimum atomic E-state index is 0.829. The summed E-state index contributed by atoms with van der Waals surface area (Å²) < 4.78 is 6.20. The molecule has 0 unspecified atom stereocenters. The van der Waals surface area contributed by atoms with Crippen LogP contribution in [0.4, 0.5) is 0 Å². The average molecular weight is 953 g/mol. The minimum Gasteiger partial charge on any atom is -0.464 e. The van der Waals surface area contributed by atoms with Gasteiger partial charge in [0.25, 0.3) is 0 Å². The van der Waals surface area contributed by atoms with Crippen LogP contribution in [-0.4, -0.2) is 0 Å². The van der Waals surface area contributed by atoms with Gasteiger partial charge in [0.1, 0.15) is 5.76 Å². The summed E-state index contributed by atoms with van der Waals surface area (Å²) in [6.45, 7) is 0. The van der Waals surface area contributed by atoms with E-state index in [1.54, 1.807) is 6.26 Å². The monoisotopic (exact) mass is 952 g/mol. The summed E-state index contributed by atoms with van der Waals surface area (Å²) in [7, 11) is 0. The summed E-state index contributed by atoms with van der Waals surface area (Å²) >= 11 is 0. The van der Waals surface area contributed by atoms with E-state index in [1.807, 2.05) is 6.07 Å². The second-order valence-corrected chi connectivity index (χ2v) is 19.5. The van der Waals surface area contributed by atoms with Crippen molar-refractivity contribution in [1.82, 2.24) is 0 Å². The third-order valence-corrected chi connectivity index (χ3v) is 15.2. The highest BCUT2D eigenvalue weighted by Crippen LogP contribution is 2.49. The van der Waals surface area contributed by atoms with Crippen molar-refractivity contribution in [3.63, 3.8) is 0 Å². The molecule has 1 aromatic heterocycles. The predicted molar refractivity (Wildman–Crippen MR) is 318 cm³/mol. The Labute approximate surface area is 436 Å². The van der Waals surface area contributed by atoms with E-state index in [9.17, 15) is 0 Å². The van der Waals surface area contributed by atoms with Gasteiger partial charge in [0, 0.05) is 5.56 Å². The van der Waals surface area contributed by atoms with Crippen LogP contribution < -0.4 is 0 Å². The topological polar surface area (TPSA) is 13.1 Å². The molecule has 0 saturated carbocycles. The zero-order chi connectivity index (χ0) is 49.7. The molecule has 0 bridgehead atoms. The predicted octanol–water partition coefficient (Wildman–Crippen LogP) is 20.9. The van der Waals surface area contributed by atoms with Crippen molar-refractivity contribution in [3.05, 3.63) is 291 Å². The molecule has 0 fully saturated rings. The van der Waals surface area contributed by atoms with Gasteiger partial charge in [0.2, 0.25) is 0 Å². The summed E-state index contributed by atoms with van der Waals surface area (Å²) in [6, 6.07) is 104. The molecule has 75 heavy (non-hydrogen) atoms. The molecule has 14 rings (SSSR count). The molecular formula is C74H48O. The zero-order valence-corrected chi connectivity index (χ0v) is 41.1. The Morgan fingerprint density at radius 2 is 0.653 bits per heavy atom. The number of hydrogen-bond acceptors (Lipinski definition) is 1. The quantitative estimate of drug-likeness (QED) is 0.131. The van der Waals surface area contributed by atoms with Crippen molar-refractivity contribution in [2.45, 2.75) is 0 Å². The van der Waals surface area contributed by atoms with E-state index in [2.05, 4.69) is 279 Å². The Bertz CT molecular complexity index is 4370. The maximum atomic E-state index is 6.20. The maximum absolute atomic E-state index is 6.20. The van der Waals surface area contributed by atoms with E-state index < -0.39 is 0 Å². The Balaban J connectivity index is 0.999. The highest BCUT2D eigenvalue weighted by molar-refractivity contribution is 6.22. The largest absolute Gasteiger partial charge is 0.464 e. The second-order valence-electron chi connectivity index (χ2n) is 19.5. The smallest absolute Gasteiger partial charge is 0.134 e. The SMILES string of the molecule is c1ccc(-c2ccc(-c3cc(-c4cccc(-c5c6ccccc6c(-c6ccc7ccccc7c6)c6ccccc56)c4)cc(-c4ccccc4-c4ccco4)c3-c3ccc(-c4cccc5ccccc45)cc3)cc2)cc1. The van der Waals surface area contributed by atoms with Crippen LogP contribution in [0.3, 0.4) is 0 Å². The molecule has 0 aliphatic carbocycles. The standard InChI is InChI=1S/C74H48O/c1-2-17-49(18-3-1)51-34-37-54(38-35-51)69-47-60(48-70(63-26-8-9-27-64(63)71-33-16-44-75-71)72(69)55-41-39-53(40-42-55)62-32-15-22-52-20-6-7-25-61(52)62)57-23-14-24-58(46-57)73-65-28-10-12-30-67(65)74(68-31-13-11-29-66(68)73)59-43-36-50-19-4-5-21-56(50)45-59/h1-48H. The summed E-state index contributed by atoms with van der Waals surface area (Å²) in [4.78, 5) is 0. The molecule has 0 amide bonds. The van der Waals surface area contributed by atoms with Crippen LogP contribution in [0.5, 0.6) is 0 Å². The van der Waals surface area contributed by atoms with Gasteiger partial charge in [0.15, 0.2) is 0 Å². The molecular weight excluding hydrogens is 905 g/mol. The van der Waals surface area contributed by atoms with Crippen molar-refractivity contribution in [3.8, 4) is 100 Å². The Morgan fingerprint density at radius 3 is 1.35 bits per heavy atom. The first-order chi connectivity index (χ1) is 37.2. The molecule has 0 aliphatic rings. The van der Waals surface area contributed by atoms with Crippen LogP contribution in [-0.2, 0) is 0 Å². The number of furan rings is 1. The van der Waals surface area contributed by atoms with E-state index >= 15 is 0 Å². The Hall–Kier alpha value is -9.82. The third-order valence-electron chi connectivity index (χ3n) is 15.2. The van der Waals surface area contributed by atoms with Gasteiger partial charge in [-0.15, -0.1) is 0 Å². The molecule has 0 saturated heterocycles. The number of hydrogen-bond donors (Lipinski definition) is 0. The van der Waals surface area contributed by atoms with Crippen LogP contribution in [0, 0.1) is 0 Å². The van der Waals surface area contributed by atoms with Crippen molar-refractivity contribution < 1.29 is 4.42 Å². The van der Waals surface area contributed by atoms with Crippen LogP contribution in [0.1, 0.15) is 0 Å². The van der Waals surface area contributed by atoms with Gasteiger partial charge in [-0.1, -0.05) is 249 Å². The van der Waals surface area contributed by atoms with Crippen molar-refractivity contribution in [1.29, 1.82) is 0 Å². The van der Waals surface area contributed by atoms with E-state index in [0.717, 1.165) is 55.8 Å². The molecule has 1 heteroatoms. The highest BCUT2D eigenvalue weighted by Gasteiger charge is 2.22. The van der Waals surface area contributed by atoms with Gasteiger partial charge in [0.05, 0.1) is 6.26 Å². The third kappa shape index (κ3) is 7.90. The van der Waals surface area contributed by atoms with E-state index in [1.165, 1.54) is 87.6 Å². The van der Waals surface area contributed by atoms with Gasteiger partial charge in [-0.2, -0.15) is 0 Å². The van der Waals surface area contributed by atoms with Gasteiger partial charge < -0.3 is 4.42 Å². The molecule has 0 spiro atoms. The molecule has 1 heterocycles. The summed E-state index contributed by atoms with van der Waals surface area (Å²) in [5.41, 5.74) is 19.8. The minimum absolute atomic E-state index is 0.829. The lowest BCUT2D eigenvalue weighted by Gasteiger charge is -2.21. The van der Waals surface area contributed by atoms with E-state index in [4.69, 9.17) is 4.42 Å². The maximum Gasteiger partial charge on any atom is 0.134 e. The first kappa shape index (κ1) is 43.9. The lowest BCUT2D eigenvalue weighted by atomic mass is 9.82. The van der Waals surface area contributed by atoms with Gasteiger partial charge in [-0.05, 0) is 169 Å². The van der Waals surface area contributed by atoms with Gasteiger partial charge >= 0.3 is 0 Å². The second kappa shape index (κ2) is 18.7. The lowest BCUT2D eigenvalue weighted by molar-refractivity contribution is 0.582. The fourth-order valence-corrected chi connectivity index (χ4v) is 11.6. The fraction of sp³-hybridized carbons (Fsp3) is 0. The molecule has 350 valence electrons. The first-order valence-electron chi connectivity index (χ1n) is 25.8. The summed E-state index contributed by atoms with van der Waals surface area (Å²) in [6.07, 6.45) is 1.77. The van der Waals surface area contributed by atoms with E-state index in [0.29, 0.717) is 0 Å². The number of benzene rings is 13. The summed E-state index contributed by atoms with van der Waals surface area (Å²) in [5.74, 6) is 0.829. The average Bonchev–Trinajstić information content (AvgIpc) is 4.05. The first-order valence-corrected chi connectivity index (χ1v) is 25.8.